The Bertz CT molecular complexity index is 1150. The second kappa shape index (κ2) is 10.5. The summed E-state index contributed by atoms with van der Waals surface area (Å²) in [7, 11) is 5.21. The lowest BCUT2D eigenvalue weighted by Crippen LogP contribution is -2.44. The number of likely N-dealkylation sites (N-methyl/N-ethyl adjacent to an activating group) is 1. The molecule has 2 aromatic rings. The number of carbonyl (C=O) groups is 2. The summed E-state index contributed by atoms with van der Waals surface area (Å²) in [4.78, 5) is 34.6. The molecule has 3 rings (SSSR count). The highest BCUT2D eigenvalue weighted by Gasteiger charge is 2.33. The third kappa shape index (κ3) is 6.23. The largest absolute Gasteiger partial charge is 0.444 e. The van der Waals surface area contributed by atoms with Gasteiger partial charge in [0.15, 0.2) is 0 Å². The van der Waals surface area contributed by atoms with Gasteiger partial charge in [0.2, 0.25) is 0 Å². The summed E-state index contributed by atoms with van der Waals surface area (Å²) in [5.74, 6) is 0.361. The van der Waals surface area contributed by atoms with Gasteiger partial charge in [0.05, 0.1) is 22.2 Å². The van der Waals surface area contributed by atoms with Crippen molar-refractivity contribution in [2.24, 2.45) is 0 Å². The van der Waals surface area contributed by atoms with Gasteiger partial charge in [0, 0.05) is 46.0 Å². The van der Waals surface area contributed by atoms with Gasteiger partial charge in [-0.1, -0.05) is 17.7 Å². The minimum Gasteiger partial charge on any atom is -0.444 e. The zero-order chi connectivity index (χ0) is 25.9. The average Bonchev–Trinajstić information content (AvgIpc) is 3.25. The van der Waals surface area contributed by atoms with Crippen molar-refractivity contribution in [1.29, 1.82) is 5.26 Å². The smallest absolute Gasteiger partial charge is 0.410 e. The van der Waals surface area contributed by atoms with Crippen LogP contribution >= 0.6 is 11.6 Å². The molecule has 35 heavy (non-hydrogen) atoms. The van der Waals surface area contributed by atoms with Crippen LogP contribution in [0.3, 0.4) is 0 Å². The first-order chi connectivity index (χ1) is 16.4. The van der Waals surface area contributed by atoms with Gasteiger partial charge in [-0.15, -0.1) is 0 Å². The van der Waals surface area contributed by atoms with E-state index in [1.54, 1.807) is 49.5 Å². The van der Waals surface area contributed by atoms with Crippen molar-refractivity contribution in [3.05, 3.63) is 46.6 Å². The normalized spacial score (nSPS) is 15.5. The number of aromatic nitrogens is 1. The summed E-state index contributed by atoms with van der Waals surface area (Å²) < 4.78 is 5.56. The van der Waals surface area contributed by atoms with Gasteiger partial charge in [-0.3, -0.25) is 4.79 Å². The fourth-order valence-corrected chi connectivity index (χ4v) is 4.36. The lowest BCUT2D eigenvalue weighted by molar-refractivity contribution is 0.0231. The molecule has 186 valence electrons. The number of pyridine rings is 1. The molecule has 2 heterocycles. The Labute approximate surface area is 212 Å². The standard InChI is InChI=1S/C26H32ClN5O3/c1-26(2,3)35-25(34)32-11-7-8-20(32)16-31(6)23-18(14-28)12-19(15-29-23)17-9-10-21(22(27)13-17)24(33)30(4)5/h9-10,12-13,15,20H,7-8,11,16H2,1-6H3. The highest BCUT2D eigenvalue weighted by Crippen LogP contribution is 2.30. The van der Waals surface area contributed by atoms with Gasteiger partial charge >= 0.3 is 6.09 Å². The number of nitriles is 1. The molecule has 9 heteroatoms. The predicted molar refractivity (Wildman–Crippen MR) is 137 cm³/mol. The molecule has 1 aromatic carbocycles. The maximum atomic E-state index is 12.6. The zero-order valence-electron chi connectivity index (χ0n) is 21.1. The first-order valence-corrected chi connectivity index (χ1v) is 11.9. The van der Waals surface area contributed by atoms with E-state index in [4.69, 9.17) is 16.3 Å². The van der Waals surface area contributed by atoms with Gasteiger partial charge < -0.3 is 19.4 Å². The van der Waals surface area contributed by atoms with Crippen LogP contribution in [0, 0.1) is 11.3 Å². The number of halogens is 1. The van der Waals surface area contributed by atoms with Crippen LogP contribution in [0.5, 0.6) is 0 Å². The Morgan fingerprint density at radius 3 is 2.54 bits per heavy atom. The van der Waals surface area contributed by atoms with Gasteiger partial charge in [0.25, 0.3) is 5.91 Å². The van der Waals surface area contributed by atoms with Crippen LogP contribution in [-0.4, -0.2) is 72.7 Å². The van der Waals surface area contributed by atoms with Gasteiger partial charge in [-0.2, -0.15) is 5.26 Å². The van der Waals surface area contributed by atoms with Crippen LogP contribution in [-0.2, 0) is 4.74 Å². The van der Waals surface area contributed by atoms with Crippen LogP contribution in [0.2, 0.25) is 5.02 Å². The van der Waals surface area contributed by atoms with Crippen molar-refractivity contribution >= 4 is 29.4 Å². The molecular formula is C26H32ClN5O3. The number of anilines is 1. The molecule has 0 N–H and O–H groups in total. The molecule has 8 nitrogen and oxygen atoms in total. The molecule has 1 saturated heterocycles. The number of amides is 2. The van der Waals surface area contributed by atoms with Crippen molar-refractivity contribution in [1.82, 2.24) is 14.8 Å². The van der Waals surface area contributed by atoms with Crippen molar-refractivity contribution in [2.75, 3.05) is 39.1 Å². The summed E-state index contributed by atoms with van der Waals surface area (Å²) in [6.07, 6.45) is 3.14. The lowest BCUT2D eigenvalue weighted by atomic mass is 10.0. The summed E-state index contributed by atoms with van der Waals surface area (Å²) in [6.45, 7) is 6.75. The van der Waals surface area contributed by atoms with Crippen molar-refractivity contribution in [2.45, 2.75) is 45.3 Å². The number of carbonyl (C=O) groups excluding carboxylic acids is 2. The summed E-state index contributed by atoms with van der Waals surface area (Å²) in [5.41, 5.74) is 1.76. The first kappa shape index (κ1) is 26.3. The Morgan fingerprint density at radius 2 is 1.94 bits per heavy atom. The quantitative estimate of drug-likeness (QED) is 0.588. The van der Waals surface area contributed by atoms with Crippen molar-refractivity contribution < 1.29 is 14.3 Å². The number of rotatable bonds is 5. The molecule has 1 aliphatic rings. The average molecular weight is 498 g/mol. The van der Waals surface area contributed by atoms with Crippen molar-refractivity contribution in [3.63, 3.8) is 0 Å². The maximum Gasteiger partial charge on any atom is 0.410 e. The molecule has 0 radical (unpaired) electrons. The van der Waals surface area contributed by atoms with Crippen molar-refractivity contribution in [3.8, 4) is 17.2 Å². The molecule has 1 unspecified atom stereocenters. The number of likely N-dealkylation sites (tertiary alicyclic amines) is 1. The van der Waals surface area contributed by atoms with Crippen LogP contribution in [0.25, 0.3) is 11.1 Å². The third-order valence-electron chi connectivity index (χ3n) is 5.78. The number of nitrogens with zero attached hydrogens (tertiary/aromatic N) is 5. The topological polar surface area (TPSA) is 89.8 Å². The Balaban J connectivity index is 1.80. The summed E-state index contributed by atoms with van der Waals surface area (Å²) >= 11 is 6.36. The minimum absolute atomic E-state index is 0.0246. The molecular weight excluding hydrogens is 466 g/mol. The van der Waals surface area contributed by atoms with Gasteiger partial charge in [-0.05, 0) is 57.4 Å². The fourth-order valence-electron chi connectivity index (χ4n) is 4.10. The SMILES string of the molecule is CN(C)C(=O)c1ccc(-c2cnc(N(C)CC3CCCN3C(=O)OC(C)(C)C)c(C#N)c2)cc1Cl. The highest BCUT2D eigenvalue weighted by molar-refractivity contribution is 6.34. The van der Waals surface area contributed by atoms with Gasteiger partial charge in [0.1, 0.15) is 17.5 Å². The minimum atomic E-state index is -0.553. The molecule has 1 aliphatic heterocycles. The van der Waals surface area contributed by atoms with Gasteiger partial charge in [-0.25, -0.2) is 9.78 Å². The molecule has 1 aromatic heterocycles. The van der Waals surface area contributed by atoms with E-state index in [1.807, 2.05) is 32.7 Å². The molecule has 1 atom stereocenters. The molecule has 0 bridgehead atoms. The maximum absolute atomic E-state index is 12.6. The Kier molecular flexibility index (Phi) is 7.91. The monoisotopic (exact) mass is 497 g/mol. The van der Waals surface area contributed by atoms with E-state index in [9.17, 15) is 14.9 Å². The number of ether oxygens (including phenoxy) is 1. The number of hydrogen-bond acceptors (Lipinski definition) is 6. The van der Waals surface area contributed by atoms with E-state index in [-0.39, 0.29) is 18.0 Å². The lowest BCUT2D eigenvalue weighted by Gasteiger charge is -2.31. The summed E-state index contributed by atoms with van der Waals surface area (Å²) in [6, 6.07) is 9.15. The predicted octanol–water partition coefficient (Wildman–Crippen LogP) is 4.81. The highest BCUT2D eigenvalue weighted by atomic mass is 35.5. The number of hydrogen-bond donors (Lipinski definition) is 0. The molecule has 0 saturated carbocycles. The van der Waals surface area contributed by atoms with E-state index in [2.05, 4.69) is 11.1 Å². The second-order valence-electron chi connectivity index (χ2n) is 9.95. The molecule has 0 spiro atoms. The van der Waals surface area contributed by atoms with E-state index in [0.29, 0.717) is 35.1 Å². The second-order valence-corrected chi connectivity index (χ2v) is 10.4. The molecule has 2 amide bonds. The van der Waals surface area contributed by atoms with E-state index < -0.39 is 5.60 Å². The molecule has 0 aliphatic carbocycles. The van der Waals surface area contributed by atoms with Crippen LogP contribution < -0.4 is 4.90 Å². The first-order valence-electron chi connectivity index (χ1n) is 11.5. The number of benzene rings is 1. The third-order valence-corrected chi connectivity index (χ3v) is 6.09. The molecule has 1 fully saturated rings. The van der Waals surface area contributed by atoms with E-state index in [0.717, 1.165) is 24.0 Å². The zero-order valence-corrected chi connectivity index (χ0v) is 21.9. The van der Waals surface area contributed by atoms with Crippen LogP contribution in [0.4, 0.5) is 10.6 Å². The fraction of sp³-hybridized carbons (Fsp3) is 0.462. The van der Waals surface area contributed by atoms with Crippen LogP contribution in [0.15, 0.2) is 30.5 Å². The summed E-state index contributed by atoms with van der Waals surface area (Å²) in [5, 5.41) is 10.2. The van der Waals surface area contributed by atoms with E-state index >= 15 is 0 Å². The Hall–Kier alpha value is -3.31. The van der Waals surface area contributed by atoms with Crippen LogP contribution in [0.1, 0.15) is 49.5 Å². The Morgan fingerprint density at radius 1 is 1.23 bits per heavy atom. The van der Waals surface area contributed by atoms with E-state index in [1.165, 1.54) is 4.90 Å².